The van der Waals surface area contributed by atoms with Crippen molar-refractivity contribution >= 4 is 6.03 Å². The summed E-state index contributed by atoms with van der Waals surface area (Å²) in [5, 5.41) is 11.4. The second-order valence-electron chi connectivity index (χ2n) is 5.01. The van der Waals surface area contributed by atoms with Crippen LogP contribution >= 0.6 is 0 Å². The van der Waals surface area contributed by atoms with Crippen LogP contribution in [-0.4, -0.2) is 92.7 Å². The van der Waals surface area contributed by atoms with Gasteiger partial charge in [-0.05, 0) is 0 Å². The van der Waals surface area contributed by atoms with E-state index >= 15 is 0 Å². The normalized spacial score (nSPS) is 15.0. The largest absolute Gasteiger partial charge is 0.329 e. The van der Waals surface area contributed by atoms with Crippen LogP contribution in [0.15, 0.2) is 0 Å². The van der Waals surface area contributed by atoms with E-state index in [9.17, 15) is 4.79 Å². The van der Waals surface area contributed by atoms with Gasteiger partial charge in [-0.25, -0.2) is 4.79 Å². The molecule has 8 nitrogen and oxygen atoms in total. The van der Waals surface area contributed by atoms with Gasteiger partial charge in [0.2, 0.25) is 0 Å². The van der Waals surface area contributed by atoms with E-state index in [1.807, 2.05) is 15.9 Å². The molecule has 1 aliphatic rings. The summed E-state index contributed by atoms with van der Waals surface area (Å²) in [7, 11) is 0. The number of hydrogen-bond donors (Lipinski definition) is 3. The Balaban J connectivity index is 2.27. The number of hydrogen-bond acceptors (Lipinski definition) is 6. The lowest BCUT2D eigenvalue weighted by atomic mass is 10.4. The highest BCUT2D eigenvalue weighted by Crippen LogP contribution is 2.07. The van der Waals surface area contributed by atoms with Crippen molar-refractivity contribution in [1.82, 2.24) is 20.0 Å². The van der Waals surface area contributed by atoms with Crippen LogP contribution in [0.5, 0.6) is 0 Å². The van der Waals surface area contributed by atoms with Crippen LogP contribution < -0.4 is 16.8 Å². The van der Waals surface area contributed by atoms with E-state index in [1.165, 1.54) is 0 Å². The molecule has 0 aromatic carbocycles. The van der Waals surface area contributed by atoms with Crippen molar-refractivity contribution < 1.29 is 4.79 Å². The summed E-state index contributed by atoms with van der Waals surface area (Å²) >= 11 is 0. The molecule has 0 saturated carbocycles. The third-order valence-corrected chi connectivity index (χ3v) is 3.52. The van der Waals surface area contributed by atoms with Crippen molar-refractivity contribution in [2.75, 3.05) is 72.0 Å². The first-order valence-corrected chi connectivity index (χ1v) is 7.47. The average molecular weight is 297 g/mol. The van der Waals surface area contributed by atoms with Gasteiger partial charge in [-0.2, -0.15) is 5.26 Å². The van der Waals surface area contributed by atoms with E-state index in [-0.39, 0.29) is 6.03 Å². The maximum absolute atomic E-state index is 12.2. The van der Waals surface area contributed by atoms with Crippen molar-refractivity contribution in [3.05, 3.63) is 0 Å². The molecular weight excluding hydrogens is 270 g/mol. The Labute approximate surface area is 126 Å². The molecule has 2 amide bonds. The maximum atomic E-state index is 12.2. The molecule has 1 aliphatic heterocycles. The SMILES string of the molecule is N#CCNCCN1CCN(CCN(CCN)CCN)C1=O. The monoisotopic (exact) mass is 297 g/mol. The van der Waals surface area contributed by atoms with Gasteiger partial charge >= 0.3 is 6.03 Å². The highest BCUT2D eigenvalue weighted by Gasteiger charge is 2.27. The summed E-state index contributed by atoms with van der Waals surface area (Å²) in [5.41, 5.74) is 11.1. The third-order valence-electron chi connectivity index (χ3n) is 3.52. The van der Waals surface area contributed by atoms with E-state index in [0.29, 0.717) is 39.3 Å². The van der Waals surface area contributed by atoms with Gasteiger partial charge in [-0.15, -0.1) is 0 Å². The second kappa shape index (κ2) is 10.3. The number of urea groups is 1. The standard InChI is InChI=1S/C13H27N7O/c14-1-4-17-5-8-19-11-12-20(13(19)21)10-9-18(6-2-15)7-3-16/h17H,2-12,15-16H2. The number of rotatable bonds is 11. The lowest BCUT2D eigenvalue weighted by molar-refractivity contribution is 0.183. The van der Waals surface area contributed by atoms with Gasteiger partial charge in [0.05, 0.1) is 12.6 Å². The van der Waals surface area contributed by atoms with Gasteiger partial charge in [-0.1, -0.05) is 0 Å². The smallest absolute Gasteiger partial charge is 0.320 e. The van der Waals surface area contributed by atoms with Gasteiger partial charge < -0.3 is 26.6 Å². The first-order chi connectivity index (χ1) is 10.2. The molecule has 0 radical (unpaired) electrons. The number of nitrogens with zero attached hydrogens (tertiary/aromatic N) is 4. The van der Waals surface area contributed by atoms with Crippen molar-refractivity contribution in [2.24, 2.45) is 11.5 Å². The fraction of sp³-hybridized carbons (Fsp3) is 0.846. The molecule has 0 aliphatic carbocycles. The molecule has 0 aromatic heterocycles. The zero-order chi connectivity index (χ0) is 15.5. The topological polar surface area (TPSA) is 115 Å². The Hall–Kier alpha value is -1.40. The molecule has 0 bridgehead atoms. The molecular formula is C13H27N7O. The van der Waals surface area contributed by atoms with Crippen molar-refractivity contribution in [3.8, 4) is 6.07 Å². The van der Waals surface area contributed by atoms with Gasteiger partial charge in [0.15, 0.2) is 0 Å². The predicted molar refractivity (Wildman–Crippen MR) is 81.6 cm³/mol. The van der Waals surface area contributed by atoms with E-state index in [4.69, 9.17) is 16.7 Å². The summed E-state index contributed by atoms with van der Waals surface area (Å²) in [4.78, 5) is 18.1. The minimum Gasteiger partial charge on any atom is -0.329 e. The van der Waals surface area contributed by atoms with Gasteiger partial charge in [-0.3, -0.25) is 4.90 Å². The number of nitrogens with one attached hydrogen (secondary N) is 1. The van der Waals surface area contributed by atoms with Crippen molar-refractivity contribution in [2.45, 2.75) is 0 Å². The first kappa shape index (κ1) is 17.7. The van der Waals surface area contributed by atoms with Crippen molar-refractivity contribution in [1.29, 1.82) is 5.26 Å². The van der Waals surface area contributed by atoms with E-state index < -0.39 is 0 Å². The molecule has 8 heteroatoms. The predicted octanol–water partition coefficient (Wildman–Crippen LogP) is -1.94. The number of carbonyl (C=O) groups excluding carboxylic acids is 1. The fourth-order valence-electron chi connectivity index (χ4n) is 2.37. The Morgan fingerprint density at radius 2 is 1.76 bits per heavy atom. The molecule has 21 heavy (non-hydrogen) atoms. The maximum Gasteiger partial charge on any atom is 0.320 e. The lowest BCUT2D eigenvalue weighted by Gasteiger charge is -2.24. The quantitative estimate of drug-likeness (QED) is 0.302. The molecule has 1 fully saturated rings. The fourth-order valence-corrected chi connectivity index (χ4v) is 2.37. The molecule has 0 unspecified atom stereocenters. The van der Waals surface area contributed by atoms with Crippen LogP contribution in [0.4, 0.5) is 4.79 Å². The van der Waals surface area contributed by atoms with Gasteiger partial charge in [0.25, 0.3) is 0 Å². The summed E-state index contributed by atoms with van der Waals surface area (Å²) in [6.07, 6.45) is 0. The molecule has 120 valence electrons. The Morgan fingerprint density at radius 3 is 2.33 bits per heavy atom. The van der Waals surface area contributed by atoms with E-state index in [2.05, 4.69) is 10.2 Å². The van der Waals surface area contributed by atoms with Crippen LogP contribution in [0.1, 0.15) is 0 Å². The minimum atomic E-state index is 0.0780. The van der Waals surface area contributed by atoms with Gasteiger partial charge in [0.1, 0.15) is 0 Å². The van der Waals surface area contributed by atoms with Crippen molar-refractivity contribution in [3.63, 3.8) is 0 Å². The van der Waals surface area contributed by atoms with E-state index in [0.717, 1.165) is 32.7 Å². The molecule has 0 spiro atoms. The molecule has 0 aromatic rings. The summed E-state index contributed by atoms with van der Waals surface area (Å²) < 4.78 is 0. The second-order valence-corrected chi connectivity index (χ2v) is 5.01. The zero-order valence-electron chi connectivity index (χ0n) is 12.6. The molecule has 0 atom stereocenters. The summed E-state index contributed by atoms with van der Waals surface area (Å²) in [6, 6.07) is 2.10. The Morgan fingerprint density at radius 1 is 1.14 bits per heavy atom. The third kappa shape index (κ3) is 6.27. The van der Waals surface area contributed by atoms with Crippen LogP contribution in [-0.2, 0) is 0 Å². The number of carbonyl (C=O) groups is 1. The Bertz CT molecular complexity index is 338. The average Bonchev–Trinajstić information content (AvgIpc) is 2.82. The van der Waals surface area contributed by atoms with Crippen LogP contribution in [0.3, 0.4) is 0 Å². The number of nitriles is 1. The van der Waals surface area contributed by atoms with Crippen LogP contribution in [0.25, 0.3) is 0 Å². The van der Waals surface area contributed by atoms with Crippen LogP contribution in [0, 0.1) is 11.3 Å². The molecule has 5 N–H and O–H groups in total. The number of amides is 2. The molecule has 1 rings (SSSR count). The summed E-state index contributed by atoms with van der Waals surface area (Å²) in [6.45, 7) is 7.46. The number of nitrogens with two attached hydrogens (primary N) is 2. The Kier molecular flexibility index (Phi) is 8.69. The zero-order valence-corrected chi connectivity index (χ0v) is 12.6. The first-order valence-electron chi connectivity index (χ1n) is 7.47. The van der Waals surface area contributed by atoms with Crippen LogP contribution in [0.2, 0.25) is 0 Å². The van der Waals surface area contributed by atoms with E-state index in [1.54, 1.807) is 0 Å². The minimum absolute atomic E-state index is 0.0780. The molecule has 1 saturated heterocycles. The highest BCUT2D eigenvalue weighted by atomic mass is 16.2. The van der Waals surface area contributed by atoms with Gasteiger partial charge in [0, 0.05) is 65.4 Å². The molecule has 1 heterocycles. The lowest BCUT2D eigenvalue weighted by Crippen LogP contribution is -2.42. The highest BCUT2D eigenvalue weighted by molar-refractivity contribution is 5.76. The summed E-state index contributed by atoms with van der Waals surface area (Å²) in [5.74, 6) is 0.